The summed E-state index contributed by atoms with van der Waals surface area (Å²) in [7, 11) is 0. The van der Waals surface area contributed by atoms with Crippen molar-refractivity contribution >= 4 is 29.7 Å². The molecule has 1 aliphatic heterocycles. The van der Waals surface area contributed by atoms with E-state index in [0.29, 0.717) is 43.0 Å². The van der Waals surface area contributed by atoms with Gasteiger partial charge >= 0.3 is 18.1 Å². The van der Waals surface area contributed by atoms with Crippen molar-refractivity contribution in [1.82, 2.24) is 21.3 Å². The zero-order valence-electron chi connectivity index (χ0n) is 29.6. The summed E-state index contributed by atoms with van der Waals surface area (Å²) in [6, 6.07) is 27.6. The van der Waals surface area contributed by atoms with Crippen molar-refractivity contribution in [2.24, 2.45) is 0 Å². The summed E-state index contributed by atoms with van der Waals surface area (Å²) >= 11 is 0. The van der Waals surface area contributed by atoms with Crippen molar-refractivity contribution in [3.8, 4) is 11.5 Å². The molecule has 6 N–H and O–H groups in total. The summed E-state index contributed by atoms with van der Waals surface area (Å²) in [4.78, 5) is 50.6. The fourth-order valence-electron chi connectivity index (χ4n) is 5.68. The molecule has 0 spiro atoms. The van der Waals surface area contributed by atoms with E-state index in [1.807, 2.05) is 66.7 Å². The van der Waals surface area contributed by atoms with E-state index in [4.69, 9.17) is 14.2 Å². The fraction of sp³-hybridized carbons (Fsp3) is 0.300. The highest BCUT2D eigenvalue weighted by molar-refractivity contribution is 5.87. The van der Waals surface area contributed by atoms with E-state index in [1.54, 1.807) is 18.2 Å². The maximum Gasteiger partial charge on any atom is 0.407 e. The maximum atomic E-state index is 13.5. The third-order valence-electron chi connectivity index (χ3n) is 8.67. The Morgan fingerprint density at radius 3 is 2.32 bits per heavy atom. The molecule has 1 heterocycles. The third kappa shape index (κ3) is 12.2. The van der Waals surface area contributed by atoms with Crippen molar-refractivity contribution in [2.75, 3.05) is 18.7 Å². The van der Waals surface area contributed by atoms with E-state index in [1.165, 1.54) is 11.1 Å². The Morgan fingerprint density at radius 1 is 0.792 bits per heavy atom. The minimum Gasteiger partial charge on any atom is -0.481 e. The Morgan fingerprint density at radius 2 is 1.55 bits per heavy atom. The van der Waals surface area contributed by atoms with Crippen molar-refractivity contribution in [3.05, 3.63) is 125 Å². The number of hydrogen-bond acceptors (Lipinski definition) is 8. The number of aryl methyl sites for hydroxylation is 1. The number of anilines is 1. The van der Waals surface area contributed by atoms with E-state index in [2.05, 4.69) is 45.6 Å². The Hall–Kier alpha value is -6.24. The minimum atomic E-state index is -1.12. The number of carboxylic acid groups (broad SMARTS) is 1. The van der Waals surface area contributed by atoms with Crippen molar-refractivity contribution < 1.29 is 38.5 Å². The van der Waals surface area contributed by atoms with Crippen LogP contribution in [0, 0.1) is 6.92 Å². The van der Waals surface area contributed by atoms with Gasteiger partial charge in [-0.1, -0.05) is 72.8 Å². The molecule has 4 aromatic rings. The van der Waals surface area contributed by atoms with Crippen LogP contribution in [0.3, 0.4) is 0 Å². The number of nitrogens with one attached hydrogen (secondary N) is 5. The SMILES string of the molecule is Cc1ccccc1CNc1ccc(CNC(=O)[C@H](CCCCNC(=O)OCc2ccccc2)NC(=O)N[C@H](CC(=O)O)c2ccc3c(c2)OCO3)cc1. The Kier molecular flexibility index (Phi) is 13.9. The standard InChI is InChI=1S/C40H45N5O8/c1-27-9-5-6-12-31(27)24-42-32-17-14-28(15-18-32)23-43-38(48)33(13-7-8-20-41-40(50)51-25-29-10-3-2-4-11-29)44-39(49)45-34(22-37(46)47)30-16-19-35-36(21-30)53-26-52-35/h2-6,9-12,14-19,21,33-34,42H,7-8,13,20,22-26H2,1H3,(H,41,50)(H,43,48)(H,46,47)(H2,44,45,49)/t33-,34+/m0/s1. The van der Waals surface area contributed by atoms with E-state index < -0.39 is 42.5 Å². The van der Waals surface area contributed by atoms with E-state index in [0.717, 1.165) is 16.8 Å². The number of rotatable bonds is 18. The molecule has 13 heteroatoms. The van der Waals surface area contributed by atoms with Gasteiger partial charge in [-0.2, -0.15) is 0 Å². The average molecular weight is 724 g/mol. The van der Waals surface area contributed by atoms with E-state index in [9.17, 15) is 24.3 Å². The molecule has 0 fully saturated rings. The zero-order chi connectivity index (χ0) is 37.4. The second-order valence-electron chi connectivity index (χ2n) is 12.6. The van der Waals surface area contributed by atoms with Gasteiger partial charge in [-0.05, 0) is 78.3 Å². The van der Waals surface area contributed by atoms with Gasteiger partial charge in [0.2, 0.25) is 12.7 Å². The van der Waals surface area contributed by atoms with Gasteiger partial charge in [-0.25, -0.2) is 9.59 Å². The predicted octanol–water partition coefficient (Wildman–Crippen LogP) is 5.93. The van der Waals surface area contributed by atoms with Crippen LogP contribution < -0.4 is 36.1 Å². The van der Waals surface area contributed by atoms with Crippen LogP contribution >= 0.6 is 0 Å². The number of urea groups is 1. The Balaban J connectivity index is 1.15. The highest BCUT2D eigenvalue weighted by Gasteiger charge is 2.25. The predicted molar refractivity (Wildman–Crippen MR) is 198 cm³/mol. The van der Waals surface area contributed by atoms with E-state index in [-0.39, 0.29) is 26.4 Å². The largest absolute Gasteiger partial charge is 0.481 e. The first kappa shape index (κ1) is 38.0. The normalized spacial score (nSPS) is 12.5. The summed E-state index contributed by atoms with van der Waals surface area (Å²) in [5, 5.41) is 24.0. The van der Waals surface area contributed by atoms with Gasteiger partial charge in [-0.3, -0.25) is 9.59 Å². The monoisotopic (exact) mass is 723 g/mol. The van der Waals surface area contributed by atoms with Gasteiger partial charge in [0.1, 0.15) is 12.6 Å². The van der Waals surface area contributed by atoms with Crippen LogP contribution in [0.2, 0.25) is 0 Å². The minimum absolute atomic E-state index is 0.0481. The molecule has 13 nitrogen and oxygen atoms in total. The summed E-state index contributed by atoms with van der Waals surface area (Å²) in [5.41, 5.74) is 5.60. The number of carboxylic acids is 1. The Bertz CT molecular complexity index is 1840. The van der Waals surface area contributed by atoms with Crippen LogP contribution in [-0.4, -0.2) is 48.5 Å². The molecule has 53 heavy (non-hydrogen) atoms. The lowest BCUT2D eigenvalue weighted by atomic mass is 10.0. The first-order valence-electron chi connectivity index (χ1n) is 17.5. The summed E-state index contributed by atoms with van der Waals surface area (Å²) in [5.74, 6) is -0.551. The van der Waals surface area contributed by atoms with Crippen molar-refractivity contribution in [2.45, 2.75) is 64.4 Å². The molecule has 278 valence electrons. The lowest BCUT2D eigenvalue weighted by Crippen LogP contribution is -2.50. The first-order valence-corrected chi connectivity index (χ1v) is 17.5. The molecule has 4 amide bonds. The fourth-order valence-corrected chi connectivity index (χ4v) is 5.68. The van der Waals surface area contributed by atoms with Crippen LogP contribution in [0.25, 0.3) is 0 Å². The molecule has 0 radical (unpaired) electrons. The molecule has 2 atom stereocenters. The summed E-state index contributed by atoms with van der Waals surface area (Å²) in [6.07, 6.45) is 0.314. The van der Waals surface area contributed by atoms with Gasteiger partial charge in [0.15, 0.2) is 11.5 Å². The summed E-state index contributed by atoms with van der Waals surface area (Å²) in [6.45, 7) is 3.49. The number of amides is 4. The molecule has 1 aliphatic rings. The van der Waals surface area contributed by atoms with Gasteiger partial charge in [0, 0.05) is 25.3 Å². The number of alkyl carbamates (subject to hydrolysis) is 1. The average Bonchev–Trinajstić information content (AvgIpc) is 3.64. The van der Waals surface area contributed by atoms with Crippen LogP contribution in [-0.2, 0) is 34.0 Å². The van der Waals surface area contributed by atoms with Crippen molar-refractivity contribution in [3.63, 3.8) is 0 Å². The quantitative estimate of drug-likeness (QED) is 0.0680. The van der Waals surface area contributed by atoms with Crippen molar-refractivity contribution in [1.29, 1.82) is 0 Å². The van der Waals surface area contributed by atoms with Crippen LogP contribution in [0.15, 0.2) is 97.1 Å². The Labute approximate surface area is 308 Å². The van der Waals surface area contributed by atoms with Crippen LogP contribution in [0.4, 0.5) is 15.3 Å². The van der Waals surface area contributed by atoms with Gasteiger partial charge in [0.25, 0.3) is 0 Å². The number of fused-ring (bicyclic) bond motifs is 1. The lowest BCUT2D eigenvalue weighted by Gasteiger charge is -2.22. The summed E-state index contributed by atoms with van der Waals surface area (Å²) < 4.78 is 16.0. The molecule has 0 aromatic heterocycles. The number of benzene rings is 4. The molecule has 5 rings (SSSR count). The first-order chi connectivity index (χ1) is 25.7. The molecule has 0 bridgehead atoms. The van der Waals surface area contributed by atoms with Crippen LogP contribution in [0.1, 0.15) is 59.5 Å². The van der Waals surface area contributed by atoms with E-state index >= 15 is 0 Å². The number of carbonyl (C=O) groups excluding carboxylic acids is 3. The smallest absolute Gasteiger partial charge is 0.407 e. The molecule has 0 aliphatic carbocycles. The molecule has 0 saturated carbocycles. The second-order valence-corrected chi connectivity index (χ2v) is 12.6. The number of aliphatic carboxylic acids is 1. The highest BCUT2D eigenvalue weighted by Crippen LogP contribution is 2.34. The topological polar surface area (TPSA) is 176 Å². The second kappa shape index (κ2) is 19.4. The molecular formula is C40H45N5O8. The van der Waals surface area contributed by atoms with Crippen LogP contribution in [0.5, 0.6) is 11.5 Å². The zero-order valence-corrected chi connectivity index (χ0v) is 29.6. The van der Waals surface area contributed by atoms with Gasteiger partial charge in [0.05, 0.1) is 12.5 Å². The third-order valence-corrected chi connectivity index (χ3v) is 8.67. The number of hydrogen-bond donors (Lipinski definition) is 6. The molecule has 4 aromatic carbocycles. The van der Waals surface area contributed by atoms with Gasteiger partial charge in [-0.15, -0.1) is 0 Å². The van der Waals surface area contributed by atoms with Gasteiger partial charge < -0.3 is 45.9 Å². The highest BCUT2D eigenvalue weighted by atomic mass is 16.7. The number of unbranched alkanes of at least 4 members (excludes halogenated alkanes) is 1. The maximum absolute atomic E-state index is 13.5. The molecule has 0 unspecified atom stereocenters. The number of ether oxygens (including phenoxy) is 3. The number of carbonyl (C=O) groups is 4. The molecule has 0 saturated heterocycles. The molecular weight excluding hydrogens is 678 g/mol. The lowest BCUT2D eigenvalue weighted by molar-refractivity contribution is -0.137.